The summed E-state index contributed by atoms with van der Waals surface area (Å²) in [5, 5.41) is 11.1. The van der Waals surface area contributed by atoms with Gasteiger partial charge in [-0.15, -0.1) is 0 Å². The van der Waals surface area contributed by atoms with Crippen LogP contribution in [0.15, 0.2) is 58.3 Å². The third kappa shape index (κ3) is 2.94. The number of non-ortho nitro benzene ring substituents is 1. The average molecular weight is 451 g/mol. The van der Waals surface area contributed by atoms with E-state index in [1.165, 1.54) is 23.8 Å². The number of benzene rings is 2. The zero-order valence-electron chi connectivity index (χ0n) is 17.1. The van der Waals surface area contributed by atoms with Crippen molar-refractivity contribution < 1.29 is 19.2 Å². The molecule has 0 radical (unpaired) electrons. The summed E-state index contributed by atoms with van der Waals surface area (Å²) in [4.78, 5) is 41.9. The zero-order chi connectivity index (χ0) is 22.6. The Labute approximate surface area is 185 Å². The molecule has 3 aromatic rings. The van der Waals surface area contributed by atoms with E-state index in [0.717, 1.165) is 11.3 Å². The summed E-state index contributed by atoms with van der Waals surface area (Å²) >= 11 is 1.15. The lowest BCUT2D eigenvalue weighted by Crippen LogP contribution is -2.58. The van der Waals surface area contributed by atoms with Crippen LogP contribution in [0.3, 0.4) is 0 Å². The first-order valence-electron chi connectivity index (χ1n) is 9.75. The van der Waals surface area contributed by atoms with Crippen LogP contribution in [-0.2, 0) is 9.53 Å². The first-order chi connectivity index (χ1) is 15.3. The van der Waals surface area contributed by atoms with E-state index in [1.54, 1.807) is 31.2 Å². The molecular formula is C22H17N3O6S. The van der Waals surface area contributed by atoms with E-state index in [9.17, 15) is 19.7 Å². The van der Waals surface area contributed by atoms with Crippen LogP contribution in [0.2, 0.25) is 0 Å². The molecule has 162 valence electrons. The van der Waals surface area contributed by atoms with Gasteiger partial charge in [0.25, 0.3) is 11.2 Å². The Morgan fingerprint density at radius 2 is 2.09 bits per heavy atom. The van der Waals surface area contributed by atoms with Crippen molar-refractivity contribution in [3.63, 3.8) is 0 Å². The van der Waals surface area contributed by atoms with E-state index in [4.69, 9.17) is 9.47 Å². The van der Waals surface area contributed by atoms with Gasteiger partial charge in [-0.05, 0) is 24.6 Å². The van der Waals surface area contributed by atoms with Gasteiger partial charge in [0.15, 0.2) is 4.80 Å². The summed E-state index contributed by atoms with van der Waals surface area (Å²) in [6.45, 7) is 1.70. The fraction of sp³-hybridized carbons (Fsp3) is 0.227. The highest BCUT2D eigenvalue weighted by atomic mass is 32.1. The number of hydrogen-bond acceptors (Lipinski definition) is 8. The number of ether oxygens (including phenoxy) is 2. The van der Waals surface area contributed by atoms with E-state index in [1.807, 2.05) is 18.2 Å². The van der Waals surface area contributed by atoms with Crippen molar-refractivity contribution in [3.8, 4) is 5.75 Å². The summed E-state index contributed by atoms with van der Waals surface area (Å²) in [5.74, 6) is -0.826. The van der Waals surface area contributed by atoms with Crippen LogP contribution < -0.4 is 19.6 Å². The van der Waals surface area contributed by atoms with Crippen molar-refractivity contribution in [3.05, 3.63) is 89.5 Å². The summed E-state index contributed by atoms with van der Waals surface area (Å²) in [6, 6.07) is 12.6. The first-order valence-corrected chi connectivity index (χ1v) is 10.6. The molecule has 3 atom stereocenters. The smallest absolute Gasteiger partial charge is 0.317 e. The van der Waals surface area contributed by atoms with E-state index in [2.05, 4.69) is 4.99 Å². The minimum absolute atomic E-state index is 0.0682. The van der Waals surface area contributed by atoms with Crippen LogP contribution >= 0.6 is 11.3 Å². The molecular weight excluding hydrogens is 434 g/mol. The van der Waals surface area contributed by atoms with Crippen molar-refractivity contribution in [1.82, 2.24) is 4.57 Å². The van der Waals surface area contributed by atoms with Crippen molar-refractivity contribution in [2.24, 2.45) is 10.9 Å². The number of rotatable bonds is 3. The number of para-hydroxylation sites is 1. The van der Waals surface area contributed by atoms with Crippen molar-refractivity contribution >= 4 is 29.1 Å². The van der Waals surface area contributed by atoms with Crippen LogP contribution in [-0.4, -0.2) is 28.3 Å². The lowest BCUT2D eigenvalue weighted by atomic mass is 9.81. The number of nitro groups is 1. The largest absolute Gasteiger partial charge is 0.469 e. The van der Waals surface area contributed by atoms with Gasteiger partial charge in [0.1, 0.15) is 11.7 Å². The number of carbonyl (C=O) groups is 1. The standard InChI is InChI=1S/C22H17N3O6S/c1-22-17(20(27)30-2)18(14-8-3-4-9-15(14)31-22)24-19(26)16(32-21(24)23-22)11-12-6-5-7-13(10-12)25(28)29/h3-11,17-18H,1-2H3/b16-11-/t17-,18+,22-/m0/s1. The third-order valence-electron chi connectivity index (χ3n) is 5.71. The van der Waals surface area contributed by atoms with Gasteiger partial charge >= 0.3 is 5.97 Å². The van der Waals surface area contributed by atoms with Gasteiger partial charge in [-0.1, -0.05) is 41.7 Å². The predicted octanol–water partition coefficient (Wildman–Crippen LogP) is 1.77. The molecule has 0 spiro atoms. The Morgan fingerprint density at radius 3 is 2.84 bits per heavy atom. The molecule has 0 aliphatic carbocycles. The number of nitro benzene ring substituents is 1. The van der Waals surface area contributed by atoms with Gasteiger partial charge < -0.3 is 9.47 Å². The van der Waals surface area contributed by atoms with Crippen LogP contribution in [0.1, 0.15) is 24.1 Å². The Hall–Kier alpha value is -3.79. The van der Waals surface area contributed by atoms with Crippen LogP contribution in [0.5, 0.6) is 5.75 Å². The summed E-state index contributed by atoms with van der Waals surface area (Å²) in [7, 11) is 1.29. The Morgan fingerprint density at radius 1 is 1.31 bits per heavy atom. The lowest BCUT2D eigenvalue weighted by molar-refractivity contribution is -0.384. The van der Waals surface area contributed by atoms with Gasteiger partial charge in [0.2, 0.25) is 5.72 Å². The van der Waals surface area contributed by atoms with Gasteiger partial charge in [0.05, 0.1) is 22.6 Å². The highest BCUT2D eigenvalue weighted by molar-refractivity contribution is 7.07. The molecule has 2 aliphatic heterocycles. The molecule has 0 amide bonds. The number of hydrogen-bond donors (Lipinski definition) is 0. The number of methoxy groups -OCH3 is 1. The highest BCUT2D eigenvalue weighted by Crippen LogP contribution is 2.47. The molecule has 2 aromatic carbocycles. The van der Waals surface area contributed by atoms with E-state index in [0.29, 0.717) is 26.2 Å². The van der Waals surface area contributed by atoms with E-state index < -0.39 is 28.6 Å². The summed E-state index contributed by atoms with van der Waals surface area (Å²) in [6.07, 6.45) is 1.59. The molecule has 0 saturated heterocycles. The Kier molecular flexibility index (Phi) is 4.48. The second kappa shape index (κ2) is 7.13. The Balaban J connectivity index is 1.77. The maximum absolute atomic E-state index is 13.5. The van der Waals surface area contributed by atoms with Crippen LogP contribution in [0, 0.1) is 16.0 Å². The summed E-state index contributed by atoms with van der Waals surface area (Å²) < 4.78 is 13.0. The number of carbonyl (C=O) groups excluding carboxylic acids is 1. The maximum atomic E-state index is 13.5. The quantitative estimate of drug-likeness (QED) is 0.341. The molecule has 1 aromatic heterocycles. The molecule has 32 heavy (non-hydrogen) atoms. The number of nitrogens with zero attached hydrogens (tertiary/aromatic N) is 3. The average Bonchev–Trinajstić information content (AvgIpc) is 3.06. The number of thiazole rings is 1. The van der Waals surface area contributed by atoms with Gasteiger partial charge in [0, 0.05) is 17.7 Å². The normalized spacial score (nSPS) is 23.4. The minimum atomic E-state index is -1.24. The number of aromatic nitrogens is 1. The number of esters is 1. The molecule has 9 nitrogen and oxygen atoms in total. The van der Waals surface area contributed by atoms with Crippen molar-refractivity contribution in [2.45, 2.75) is 18.7 Å². The van der Waals surface area contributed by atoms with Crippen LogP contribution in [0.4, 0.5) is 5.69 Å². The second-order valence-electron chi connectivity index (χ2n) is 7.67. The monoisotopic (exact) mass is 451 g/mol. The molecule has 0 N–H and O–H groups in total. The first kappa shape index (κ1) is 20.1. The van der Waals surface area contributed by atoms with E-state index in [-0.39, 0.29) is 11.2 Å². The highest BCUT2D eigenvalue weighted by Gasteiger charge is 2.55. The molecule has 5 rings (SSSR count). The minimum Gasteiger partial charge on any atom is -0.469 e. The summed E-state index contributed by atoms with van der Waals surface area (Å²) in [5.41, 5.74) is -0.435. The molecule has 2 bridgehead atoms. The lowest BCUT2D eigenvalue weighted by Gasteiger charge is -2.44. The van der Waals surface area contributed by atoms with Gasteiger partial charge in [-0.2, -0.15) is 0 Å². The van der Waals surface area contributed by atoms with E-state index >= 15 is 0 Å². The SMILES string of the molecule is COC(=O)[C@@H]1[C@H]2c3ccccc3O[C@]1(C)N=c1s/c(=C\c3cccc([N+](=O)[O-])c3)c(=O)n12. The second-order valence-corrected chi connectivity index (χ2v) is 8.68. The predicted molar refractivity (Wildman–Crippen MR) is 115 cm³/mol. The Bertz CT molecular complexity index is 1460. The van der Waals surface area contributed by atoms with Gasteiger partial charge in [-0.3, -0.25) is 24.3 Å². The van der Waals surface area contributed by atoms with Gasteiger partial charge in [-0.25, -0.2) is 4.99 Å². The molecule has 2 aliphatic rings. The molecule has 0 fully saturated rings. The third-order valence-corrected chi connectivity index (χ3v) is 6.70. The molecule has 0 unspecified atom stereocenters. The van der Waals surface area contributed by atoms with Crippen molar-refractivity contribution in [1.29, 1.82) is 0 Å². The van der Waals surface area contributed by atoms with Crippen LogP contribution in [0.25, 0.3) is 6.08 Å². The molecule has 10 heteroatoms. The van der Waals surface area contributed by atoms with Crippen molar-refractivity contribution in [2.75, 3.05) is 7.11 Å². The fourth-order valence-electron chi connectivity index (χ4n) is 4.31. The topological polar surface area (TPSA) is 113 Å². The fourth-order valence-corrected chi connectivity index (χ4v) is 5.41. The number of fused-ring (bicyclic) bond motifs is 6. The zero-order valence-corrected chi connectivity index (χ0v) is 17.9. The molecule has 0 saturated carbocycles. The molecule has 3 heterocycles. The maximum Gasteiger partial charge on any atom is 0.317 e.